The third-order valence-corrected chi connectivity index (χ3v) is 5.38. The molecule has 1 heterocycles. The lowest BCUT2D eigenvalue weighted by Crippen LogP contribution is -2.44. The van der Waals surface area contributed by atoms with Gasteiger partial charge >= 0.3 is 0 Å². The largest absolute Gasteiger partial charge is 0.495 e. The Morgan fingerprint density at radius 3 is 2.61 bits per heavy atom. The van der Waals surface area contributed by atoms with Gasteiger partial charge in [0, 0.05) is 44.3 Å². The molecule has 7 nitrogen and oxygen atoms in total. The molecule has 2 aromatic rings. The molecule has 0 bridgehead atoms. The van der Waals surface area contributed by atoms with Crippen molar-refractivity contribution in [3.05, 3.63) is 54.1 Å². The summed E-state index contributed by atoms with van der Waals surface area (Å²) in [5, 5.41) is 9.81. The summed E-state index contributed by atoms with van der Waals surface area (Å²) in [5.41, 5.74) is 3.06. The van der Waals surface area contributed by atoms with Crippen molar-refractivity contribution in [2.45, 2.75) is 32.9 Å². The molecule has 1 amide bonds. The highest BCUT2D eigenvalue weighted by molar-refractivity contribution is 5.92. The van der Waals surface area contributed by atoms with Gasteiger partial charge in [0.25, 0.3) is 0 Å². The van der Waals surface area contributed by atoms with Crippen molar-refractivity contribution in [1.82, 2.24) is 10.6 Å². The normalized spacial score (nSPS) is 16.4. The van der Waals surface area contributed by atoms with Crippen LogP contribution in [-0.2, 0) is 11.3 Å². The number of amides is 1. The molecule has 0 saturated carbocycles. The summed E-state index contributed by atoms with van der Waals surface area (Å²) in [6.07, 6.45) is 1.03. The molecule has 3 rings (SSSR count). The van der Waals surface area contributed by atoms with Gasteiger partial charge in [0.05, 0.1) is 12.8 Å². The SMILES string of the molecule is CN=C(NCc1ccc(NC(=O)C(C)C)cc1)NC1CCN(c2ccccc2OC)C1. The first kappa shape index (κ1) is 22.5. The van der Waals surface area contributed by atoms with Crippen LogP contribution in [0.2, 0.25) is 0 Å². The van der Waals surface area contributed by atoms with E-state index in [1.165, 1.54) is 0 Å². The first-order valence-corrected chi connectivity index (χ1v) is 10.7. The van der Waals surface area contributed by atoms with Crippen LogP contribution in [0.4, 0.5) is 11.4 Å². The molecule has 1 fully saturated rings. The highest BCUT2D eigenvalue weighted by Crippen LogP contribution is 2.30. The van der Waals surface area contributed by atoms with Crippen LogP contribution < -0.4 is 25.6 Å². The van der Waals surface area contributed by atoms with Crippen LogP contribution in [0.5, 0.6) is 5.75 Å². The van der Waals surface area contributed by atoms with Crippen molar-refractivity contribution in [3.63, 3.8) is 0 Å². The van der Waals surface area contributed by atoms with Crippen molar-refractivity contribution >= 4 is 23.2 Å². The minimum absolute atomic E-state index is 0.0224. The van der Waals surface area contributed by atoms with Crippen molar-refractivity contribution in [1.29, 1.82) is 0 Å². The maximum Gasteiger partial charge on any atom is 0.226 e. The molecular weight excluding hydrogens is 390 g/mol. The van der Waals surface area contributed by atoms with Crippen LogP contribution in [0, 0.1) is 5.92 Å². The molecule has 1 saturated heterocycles. The van der Waals surface area contributed by atoms with E-state index in [-0.39, 0.29) is 11.8 Å². The Kier molecular flexibility index (Phi) is 7.76. The number of ether oxygens (including phenoxy) is 1. The summed E-state index contributed by atoms with van der Waals surface area (Å²) < 4.78 is 5.50. The minimum Gasteiger partial charge on any atom is -0.495 e. The molecule has 0 aliphatic carbocycles. The fourth-order valence-corrected chi connectivity index (χ4v) is 3.55. The van der Waals surface area contributed by atoms with Gasteiger partial charge in [-0.05, 0) is 36.2 Å². The van der Waals surface area contributed by atoms with E-state index in [4.69, 9.17) is 4.74 Å². The maximum absolute atomic E-state index is 11.8. The van der Waals surface area contributed by atoms with Crippen molar-refractivity contribution in [2.24, 2.45) is 10.9 Å². The van der Waals surface area contributed by atoms with E-state index in [2.05, 4.69) is 31.9 Å². The van der Waals surface area contributed by atoms with E-state index in [1.807, 2.05) is 56.3 Å². The highest BCUT2D eigenvalue weighted by atomic mass is 16.5. The first-order chi connectivity index (χ1) is 15.0. The maximum atomic E-state index is 11.8. The average molecular weight is 424 g/mol. The first-order valence-electron chi connectivity index (χ1n) is 10.7. The number of anilines is 2. The molecule has 0 spiro atoms. The fraction of sp³-hybridized carbons (Fsp3) is 0.417. The van der Waals surface area contributed by atoms with E-state index in [0.29, 0.717) is 12.6 Å². The van der Waals surface area contributed by atoms with E-state index in [9.17, 15) is 4.79 Å². The fourth-order valence-electron chi connectivity index (χ4n) is 3.55. The van der Waals surface area contributed by atoms with Gasteiger partial charge in [-0.15, -0.1) is 0 Å². The van der Waals surface area contributed by atoms with Crippen molar-refractivity contribution in [3.8, 4) is 5.75 Å². The molecule has 0 aromatic heterocycles. The van der Waals surface area contributed by atoms with E-state index >= 15 is 0 Å². The van der Waals surface area contributed by atoms with Gasteiger partial charge in [-0.2, -0.15) is 0 Å². The summed E-state index contributed by atoms with van der Waals surface area (Å²) in [5.74, 6) is 1.67. The number of hydrogen-bond acceptors (Lipinski definition) is 4. The molecule has 0 radical (unpaired) electrons. The Balaban J connectivity index is 1.49. The summed E-state index contributed by atoms with van der Waals surface area (Å²) >= 11 is 0. The van der Waals surface area contributed by atoms with Gasteiger partial charge in [0.1, 0.15) is 5.75 Å². The summed E-state index contributed by atoms with van der Waals surface area (Å²) in [7, 11) is 3.49. The zero-order valence-electron chi connectivity index (χ0n) is 18.8. The van der Waals surface area contributed by atoms with Gasteiger partial charge in [0.15, 0.2) is 5.96 Å². The van der Waals surface area contributed by atoms with Gasteiger partial charge in [-0.3, -0.25) is 9.79 Å². The number of aliphatic imine (C=N–C) groups is 1. The second kappa shape index (κ2) is 10.7. The molecule has 7 heteroatoms. The van der Waals surface area contributed by atoms with E-state index < -0.39 is 0 Å². The quantitative estimate of drug-likeness (QED) is 0.471. The van der Waals surface area contributed by atoms with Crippen LogP contribution in [0.3, 0.4) is 0 Å². The number of guanidine groups is 1. The molecule has 2 aromatic carbocycles. The third kappa shape index (κ3) is 6.13. The predicted molar refractivity (Wildman–Crippen MR) is 127 cm³/mol. The number of carbonyl (C=O) groups excluding carboxylic acids is 1. The zero-order valence-corrected chi connectivity index (χ0v) is 18.8. The molecule has 1 atom stereocenters. The Hall–Kier alpha value is -3.22. The van der Waals surface area contributed by atoms with Gasteiger partial charge < -0.3 is 25.6 Å². The summed E-state index contributed by atoms with van der Waals surface area (Å²) in [6.45, 7) is 6.28. The van der Waals surface area contributed by atoms with Crippen LogP contribution >= 0.6 is 0 Å². The highest BCUT2D eigenvalue weighted by Gasteiger charge is 2.25. The van der Waals surface area contributed by atoms with Crippen LogP contribution in [0.1, 0.15) is 25.8 Å². The third-order valence-electron chi connectivity index (χ3n) is 5.38. The standard InChI is InChI=1S/C24H33N5O2/c1-17(2)23(30)27-19-11-9-18(10-12-19)15-26-24(25-3)28-20-13-14-29(16-20)21-7-5-6-8-22(21)31-4/h5-12,17,20H,13-16H2,1-4H3,(H,27,30)(H2,25,26,28). The Morgan fingerprint density at radius 2 is 1.94 bits per heavy atom. The lowest BCUT2D eigenvalue weighted by molar-refractivity contribution is -0.118. The average Bonchev–Trinajstić information content (AvgIpc) is 3.25. The zero-order chi connectivity index (χ0) is 22.2. The van der Waals surface area contributed by atoms with Gasteiger partial charge in [0.2, 0.25) is 5.91 Å². The number of methoxy groups -OCH3 is 1. The number of benzene rings is 2. The monoisotopic (exact) mass is 423 g/mol. The molecule has 166 valence electrons. The van der Waals surface area contributed by atoms with E-state index in [1.54, 1.807) is 14.2 Å². The lowest BCUT2D eigenvalue weighted by atomic mass is 10.1. The van der Waals surface area contributed by atoms with Gasteiger partial charge in [-0.1, -0.05) is 38.1 Å². The predicted octanol–water partition coefficient (Wildman–Crippen LogP) is 3.23. The summed E-state index contributed by atoms with van der Waals surface area (Å²) in [4.78, 5) is 18.5. The number of rotatable bonds is 7. The smallest absolute Gasteiger partial charge is 0.226 e. The number of carbonyl (C=O) groups is 1. The lowest BCUT2D eigenvalue weighted by Gasteiger charge is -2.22. The van der Waals surface area contributed by atoms with E-state index in [0.717, 1.165) is 48.2 Å². The van der Waals surface area contributed by atoms with Crippen molar-refractivity contribution in [2.75, 3.05) is 37.5 Å². The van der Waals surface area contributed by atoms with Crippen molar-refractivity contribution < 1.29 is 9.53 Å². The number of nitrogens with one attached hydrogen (secondary N) is 3. The molecule has 1 aliphatic heterocycles. The van der Waals surface area contributed by atoms with Crippen LogP contribution in [0.25, 0.3) is 0 Å². The number of nitrogens with zero attached hydrogens (tertiary/aromatic N) is 2. The second-order valence-electron chi connectivity index (χ2n) is 8.01. The Bertz CT molecular complexity index is 895. The second-order valence-corrected chi connectivity index (χ2v) is 8.01. The molecular formula is C24H33N5O2. The molecule has 1 unspecified atom stereocenters. The molecule has 3 N–H and O–H groups in total. The molecule has 1 aliphatic rings. The van der Waals surface area contributed by atoms with Crippen LogP contribution in [-0.4, -0.2) is 45.2 Å². The Labute approximate surface area is 184 Å². The Morgan fingerprint density at radius 1 is 1.19 bits per heavy atom. The van der Waals surface area contributed by atoms with Crippen LogP contribution in [0.15, 0.2) is 53.5 Å². The number of hydrogen-bond donors (Lipinski definition) is 3. The minimum atomic E-state index is -0.0368. The van der Waals surface area contributed by atoms with Gasteiger partial charge in [-0.25, -0.2) is 0 Å². The topological polar surface area (TPSA) is 78.0 Å². The molecule has 31 heavy (non-hydrogen) atoms. The number of para-hydroxylation sites is 2. The summed E-state index contributed by atoms with van der Waals surface area (Å²) in [6, 6.07) is 16.3.